The number of aliphatic hydroxyl groups is 1. The molecular weight excluding hydrogens is 208 g/mol. The molecule has 1 heterocycles. The van der Waals surface area contributed by atoms with Crippen molar-refractivity contribution < 1.29 is 9.84 Å². The summed E-state index contributed by atoms with van der Waals surface area (Å²) in [5.41, 5.74) is 1.33. The third-order valence-electron chi connectivity index (χ3n) is 2.29. The smallest absolute Gasteiger partial charge is 0.0565 e. The molecule has 1 atom stereocenters. The van der Waals surface area contributed by atoms with Gasteiger partial charge in [0, 0.05) is 13.2 Å². The van der Waals surface area contributed by atoms with E-state index in [4.69, 9.17) is 4.74 Å². The second-order valence-corrected chi connectivity index (χ2v) is 4.51. The molecule has 15 heavy (non-hydrogen) atoms. The van der Waals surface area contributed by atoms with Gasteiger partial charge in [0.2, 0.25) is 0 Å². The summed E-state index contributed by atoms with van der Waals surface area (Å²) in [5.74, 6) is 0. The number of hydrogen-bond donors (Lipinski definition) is 1. The SMILES string of the molecule is CCCOCCC(O)CCc1ccsc1. The second kappa shape index (κ2) is 7.85. The van der Waals surface area contributed by atoms with E-state index in [-0.39, 0.29) is 6.10 Å². The van der Waals surface area contributed by atoms with Gasteiger partial charge in [-0.05, 0) is 48.1 Å². The Morgan fingerprint density at radius 1 is 1.40 bits per heavy atom. The maximum Gasteiger partial charge on any atom is 0.0565 e. The minimum Gasteiger partial charge on any atom is -0.393 e. The minimum absolute atomic E-state index is 0.221. The van der Waals surface area contributed by atoms with E-state index in [1.165, 1.54) is 5.56 Å². The molecule has 0 aromatic carbocycles. The van der Waals surface area contributed by atoms with Gasteiger partial charge in [0.15, 0.2) is 0 Å². The molecule has 1 aromatic heterocycles. The number of aryl methyl sites for hydroxylation is 1. The fourth-order valence-corrected chi connectivity index (χ4v) is 2.08. The summed E-state index contributed by atoms with van der Waals surface area (Å²) in [4.78, 5) is 0. The van der Waals surface area contributed by atoms with Gasteiger partial charge in [-0.3, -0.25) is 0 Å². The van der Waals surface area contributed by atoms with Gasteiger partial charge in [0.1, 0.15) is 0 Å². The molecule has 3 heteroatoms. The summed E-state index contributed by atoms with van der Waals surface area (Å²) >= 11 is 1.71. The van der Waals surface area contributed by atoms with Gasteiger partial charge in [-0.15, -0.1) is 0 Å². The van der Waals surface area contributed by atoms with Crippen molar-refractivity contribution in [1.29, 1.82) is 0 Å². The summed E-state index contributed by atoms with van der Waals surface area (Å²) in [7, 11) is 0. The van der Waals surface area contributed by atoms with Gasteiger partial charge in [0.25, 0.3) is 0 Å². The van der Waals surface area contributed by atoms with Gasteiger partial charge in [-0.25, -0.2) is 0 Å². The summed E-state index contributed by atoms with van der Waals surface area (Å²) in [6.45, 7) is 3.57. The Labute approximate surface area is 95.9 Å². The molecule has 2 nitrogen and oxygen atoms in total. The maximum absolute atomic E-state index is 9.67. The van der Waals surface area contributed by atoms with Gasteiger partial charge in [-0.1, -0.05) is 6.92 Å². The fraction of sp³-hybridized carbons (Fsp3) is 0.667. The average Bonchev–Trinajstić information content (AvgIpc) is 2.74. The van der Waals surface area contributed by atoms with E-state index in [2.05, 4.69) is 23.8 Å². The largest absolute Gasteiger partial charge is 0.393 e. The molecule has 0 bridgehead atoms. The Morgan fingerprint density at radius 3 is 2.93 bits per heavy atom. The van der Waals surface area contributed by atoms with Crippen LogP contribution in [-0.4, -0.2) is 24.4 Å². The Kier molecular flexibility index (Phi) is 6.64. The highest BCUT2D eigenvalue weighted by atomic mass is 32.1. The van der Waals surface area contributed by atoms with Crippen molar-refractivity contribution in [2.24, 2.45) is 0 Å². The second-order valence-electron chi connectivity index (χ2n) is 3.73. The summed E-state index contributed by atoms with van der Waals surface area (Å²) < 4.78 is 5.33. The van der Waals surface area contributed by atoms with Crippen molar-refractivity contribution in [2.45, 2.75) is 38.7 Å². The molecule has 0 fully saturated rings. The lowest BCUT2D eigenvalue weighted by Gasteiger charge is -2.09. The Balaban J connectivity index is 2.01. The molecule has 0 saturated carbocycles. The molecule has 0 amide bonds. The first-order chi connectivity index (χ1) is 7.33. The van der Waals surface area contributed by atoms with Gasteiger partial charge >= 0.3 is 0 Å². The van der Waals surface area contributed by atoms with Crippen LogP contribution in [0.2, 0.25) is 0 Å². The quantitative estimate of drug-likeness (QED) is 0.693. The lowest BCUT2D eigenvalue weighted by atomic mass is 10.1. The first-order valence-corrected chi connectivity index (χ1v) is 6.54. The standard InChI is InChI=1S/C12H20O2S/c1-2-7-14-8-5-12(13)4-3-11-6-9-15-10-11/h6,9-10,12-13H,2-5,7-8H2,1H3. The van der Waals surface area contributed by atoms with E-state index in [0.29, 0.717) is 6.61 Å². The summed E-state index contributed by atoms with van der Waals surface area (Å²) in [5, 5.41) is 13.9. The molecule has 1 unspecified atom stereocenters. The maximum atomic E-state index is 9.67. The Bertz CT molecular complexity index is 234. The van der Waals surface area contributed by atoms with E-state index in [0.717, 1.165) is 32.3 Å². The molecule has 0 radical (unpaired) electrons. The topological polar surface area (TPSA) is 29.5 Å². The Hall–Kier alpha value is -0.380. The molecule has 0 aliphatic heterocycles. The number of hydrogen-bond acceptors (Lipinski definition) is 3. The number of aliphatic hydroxyl groups excluding tert-OH is 1. The van der Waals surface area contributed by atoms with Crippen LogP contribution in [0.1, 0.15) is 31.7 Å². The van der Waals surface area contributed by atoms with Gasteiger partial charge in [-0.2, -0.15) is 11.3 Å². The third kappa shape index (κ3) is 5.92. The first-order valence-electron chi connectivity index (χ1n) is 5.59. The van der Waals surface area contributed by atoms with Crippen molar-refractivity contribution in [3.63, 3.8) is 0 Å². The van der Waals surface area contributed by atoms with E-state index in [9.17, 15) is 5.11 Å². The van der Waals surface area contributed by atoms with Crippen LogP contribution in [0.4, 0.5) is 0 Å². The van der Waals surface area contributed by atoms with Crippen molar-refractivity contribution in [1.82, 2.24) is 0 Å². The van der Waals surface area contributed by atoms with Crippen LogP contribution in [0.5, 0.6) is 0 Å². The lowest BCUT2D eigenvalue weighted by molar-refractivity contribution is 0.0786. The van der Waals surface area contributed by atoms with E-state index in [1.54, 1.807) is 11.3 Å². The van der Waals surface area contributed by atoms with E-state index < -0.39 is 0 Å². The zero-order valence-corrected chi connectivity index (χ0v) is 10.1. The molecule has 0 saturated heterocycles. The van der Waals surface area contributed by atoms with E-state index in [1.807, 2.05) is 0 Å². The van der Waals surface area contributed by atoms with Crippen molar-refractivity contribution in [2.75, 3.05) is 13.2 Å². The summed E-state index contributed by atoms with van der Waals surface area (Å²) in [6.07, 6.45) is 3.39. The molecule has 0 aliphatic rings. The number of thiophene rings is 1. The molecule has 0 aliphatic carbocycles. The molecular formula is C12H20O2S. The first kappa shape index (κ1) is 12.7. The molecule has 1 aromatic rings. The van der Waals surface area contributed by atoms with Crippen LogP contribution in [0.25, 0.3) is 0 Å². The summed E-state index contributed by atoms with van der Waals surface area (Å²) in [6, 6.07) is 2.12. The number of rotatable bonds is 8. The van der Waals surface area contributed by atoms with Gasteiger partial charge < -0.3 is 9.84 Å². The molecule has 0 spiro atoms. The van der Waals surface area contributed by atoms with Gasteiger partial charge in [0.05, 0.1) is 6.10 Å². The van der Waals surface area contributed by atoms with Crippen molar-refractivity contribution in [3.8, 4) is 0 Å². The highest BCUT2D eigenvalue weighted by molar-refractivity contribution is 7.07. The highest BCUT2D eigenvalue weighted by Crippen LogP contribution is 2.11. The van der Waals surface area contributed by atoms with Crippen LogP contribution in [0.15, 0.2) is 16.8 Å². The van der Waals surface area contributed by atoms with E-state index >= 15 is 0 Å². The highest BCUT2D eigenvalue weighted by Gasteiger charge is 2.04. The molecule has 86 valence electrons. The monoisotopic (exact) mass is 228 g/mol. The predicted octanol–water partition coefficient (Wildman–Crippen LogP) is 2.86. The van der Waals surface area contributed by atoms with Crippen LogP contribution in [0, 0.1) is 0 Å². The molecule has 1 N–H and O–H groups in total. The van der Waals surface area contributed by atoms with Crippen molar-refractivity contribution >= 4 is 11.3 Å². The molecule has 1 rings (SSSR count). The van der Waals surface area contributed by atoms with Crippen LogP contribution < -0.4 is 0 Å². The average molecular weight is 228 g/mol. The fourth-order valence-electron chi connectivity index (χ4n) is 1.38. The minimum atomic E-state index is -0.221. The predicted molar refractivity (Wildman–Crippen MR) is 64.4 cm³/mol. The van der Waals surface area contributed by atoms with Crippen LogP contribution >= 0.6 is 11.3 Å². The lowest BCUT2D eigenvalue weighted by Crippen LogP contribution is -2.11. The van der Waals surface area contributed by atoms with Crippen molar-refractivity contribution in [3.05, 3.63) is 22.4 Å². The van der Waals surface area contributed by atoms with Crippen LogP contribution in [-0.2, 0) is 11.2 Å². The Morgan fingerprint density at radius 2 is 2.27 bits per heavy atom. The third-order valence-corrected chi connectivity index (χ3v) is 3.02. The zero-order valence-electron chi connectivity index (χ0n) is 9.32. The zero-order chi connectivity index (χ0) is 10.9. The van der Waals surface area contributed by atoms with Crippen LogP contribution in [0.3, 0.4) is 0 Å². The normalized spacial score (nSPS) is 12.9. The number of ether oxygens (including phenoxy) is 1.